The largest absolute Gasteiger partial charge is 0.396 e. The number of nitrogens with zero attached hydrogens (tertiary/aromatic N) is 1. The maximum Gasteiger partial charge on any atom is 0.248 e. The number of carbonyl (C=O) groups excluding carboxylic acids is 3. The van der Waals surface area contributed by atoms with Crippen LogP contribution < -0.4 is 10.6 Å². The number of hydrogen-bond donors (Lipinski definition) is 3. The molecule has 3 heterocycles. The minimum absolute atomic E-state index is 0.0212. The molecular formula is C29H34BrN3O4S. The van der Waals surface area contributed by atoms with Crippen LogP contribution in [0.25, 0.3) is 0 Å². The molecule has 0 saturated carbocycles. The third-order valence-corrected chi connectivity index (χ3v) is 11.4. The van der Waals surface area contributed by atoms with Crippen LogP contribution in [0.3, 0.4) is 0 Å². The third kappa shape index (κ3) is 4.67. The quantitative estimate of drug-likeness (QED) is 0.291. The summed E-state index contributed by atoms with van der Waals surface area (Å²) in [6.07, 6.45) is 2.75. The lowest BCUT2D eigenvalue weighted by atomic mass is 9.70. The molecule has 3 saturated heterocycles. The molecule has 202 valence electrons. The molecule has 3 fully saturated rings. The van der Waals surface area contributed by atoms with Gasteiger partial charge in [0, 0.05) is 34.6 Å². The van der Waals surface area contributed by atoms with Crippen LogP contribution >= 0.6 is 27.7 Å². The van der Waals surface area contributed by atoms with E-state index in [0.717, 1.165) is 23.2 Å². The number of para-hydroxylation sites is 2. The number of anilines is 2. The molecule has 2 aromatic carbocycles. The predicted molar refractivity (Wildman–Crippen MR) is 154 cm³/mol. The molecule has 0 aromatic heterocycles. The first-order chi connectivity index (χ1) is 18.3. The van der Waals surface area contributed by atoms with Gasteiger partial charge >= 0.3 is 0 Å². The van der Waals surface area contributed by atoms with Gasteiger partial charge in [0.1, 0.15) is 6.04 Å². The number of carbonyl (C=O) groups is 3. The Morgan fingerprint density at radius 1 is 1.03 bits per heavy atom. The molecule has 3 aliphatic heterocycles. The summed E-state index contributed by atoms with van der Waals surface area (Å²) in [5.74, 6) is -1.59. The highest BCUT2D eigenvalue weighted by atomic mass is 79.9. The number of aryl methyl sites for hydroxylation is 2. The topological polar surface area (TPSA) is 98.7 Å². The van der Waals surface area contributed by atoms with Crippen molar-refractivity contribution in [1.82, 2.24) is 4.90 Å². The number of thioether (sulfide) groups is 1. The van der Waals surface area contributed by atoms with Crippen LogP contribution in [0.15, 0.2) is 48.5 Å². The van der Waals surface area contributed by atoms with Gasteiger partial charge in [-0.1, -0.05) is 52.3 Å². The smallest absolute Gasteiger partial charge is 0.248 e. The van der Waals surface area contributed by atoms with Gasteiger partial charge in [-0.2, -0.15) is 0 Å². The Bertz CT molecular complexity index is 1210. The van der Waals surface area contributed by atoms with Crippen LogP contribution in [0.2, 0.25) is 0 Å². The van der Waals surface area contributed by atoms with E-state index in [1.54, 1.807) is 16.7 Å². The SMILES string of the molecule is Cc1cccc(C)c1NC(=O)C1N(CCCCCO)C(=O)[C@@H]2[C@@H](C(=O)Nc3ccccc3)[C@@H]3SC12CC3Br. The molecule has 6 atom stereocenters. The Morgan fingerprint density at radius 3 is 2.42 bits per heavy atom. The molecule has 5 rings (SSSR count). The van der Waals surface area contributed by atoms with Crippen molar-refractivity contribution in [3.05, 3.63) is 59.7 Å². The number of aliphatic hydroxyl groups is 1. The van der Waals surface area contributed by atoms with Gasteiger partial charge in [0.05, 0.1) is 16.6 Å². The van der Waals surface area contributed by atoms with E-state index in [2.05, 4.69) is 26.6 Å². The third-order valence-electron chi connectivity index (χ3n) is 8.17. The maximum atomic E-state index is 14.1. The van der Waals surface area contributed by atoms with Crippen molar-refractivity contribution in [2.45, 2.75) is 60.4 Å². The van der Waals surface area contributed by atoms with E-state index in [1.165, 1.54) is 0 Å². The Balaban J connectivity index is 1.48. The van der Waals surface area contributed by atoms with Gasteiger partial charge in [0.15, 0.2) is 0 Å². The van der Waals surface area contributed by atoms with Crippen molar-refractivity contribution < 1.29 is 19.5 Å². The molecule has 1 spiro atoms. The number of likely N-dealkylation sites (tertiary alicyclic amines) is 1. The highest BCUT2D eigenvalue weighted by Crippen LogP contribution is 2.67. The summed E-state index contributed by atoms with van der Waals surface area (Å²) in [6.45, 7) is 4.45. The normalized spacial score (nSPS) is 29.4. The first kappa shape index (κ1) is 27.2. The van der Waals surface area contributed by atoms with Crippen molar-refractivity contribution in [2.75, 3.05) is 23.8 Å². The van der Waals surface area contributed by atoms with Gasteiger partial charge in [-0.25, -0.2) is 0 Å². The van der Waals surface area contributed by atoms with Gasteiger partial charge in [-0.15, -0.1) is 11.8 Å². The lowest BCUT2D eigenvalue weighted by Gasteiger charge is -2.35. The summed E-state index contributed by atoms with van der Waals surface area (Å²) < 4.78 is -0.688. The second-order valence-electron chi connectivity index (χ2n) is 10.6. The molecule has 3 aliphatic rings. The lowest BCUT2D eigenvalue weighted by Crippen LogP contribution is -2.53. The van der Waals surface area contributed by atoms with E-state index in [4.69, 9.17) is 0 Å². The fourth-order valence-corrected chi connectivity index (χ4v) is 10.1. The average molecular weight is 601 g/mol. The Hall–Kier alpha value is -2.36. The Morgan fingerprint density at radius 2 is 1.74 bits per heavy atom. The van der Waals surface area contributed by atoms with E-state index < -0.39 is 22.6 Å². The van der Waals surface area contributed by atoms with E-state index in [1.807, 2.05) is 62.4 Å². The number of halogens is 1. The first-order valence-corrected chi connectivity index (χ1v) is 15.0. The second-order valence-corrected chi connectivity index (χ2v) is 13.3. The van der Waals surface area contributed by atoms with Crippen LogP contribution in [0.1, 0.15) is 36.8 Å². The molecule has 9 heteroatoms. The zero-order valence-corrected chi connectivity index (χ0v) is 24.1. The molecule has 3 amide bonds. The van der Waals surface area contributed by atoms with Gasteiger partial charge in [0.25, 0.3) is 0 Å². The number of hydrogen-bond acceptors (Lipinski definition) is 5. The number of benzene rings is 2. The predicted octanol–water partition coefficient (Wildman–Crippen LogP) is 4.51. The molecule has 3 unspecified atom stereocenters. The first-order valence-electron chi connectivity index (χ1n) is 13.2. The summed E-state index contributed by atoms with van der Waals surface area (Å²) in [5.41, 5.74) is 3.40. The summed E-state index contributed by atoms with van der Waals surface area (Å²) in [7, 11) is 0. The highest BCUT2D eigenvalue weighted by molar-refractivity contribution is 9.09. The van der Waals surface area contributed by atoms with E-state index in [-0.39, 0.29) is 34.4 Å². The minimum atomic E-state index is -0.688. The van der Waals surface area contributed by atoms with Gasteiger partial charge in [0.2, 0.25) is 17.7 Å². The van der Waals surface area contributed by atoms with Gasteiger partial charge in [-0.05, 0) is 62.8 Å². The molecule has 2 bridgehead atoms. The van der Waals surface area contributed by atoms with Crippen molar-refractivity contribution in [2.24, 2.45) is 11.8 Å². The number of unbranched alkanes of at least 4 members (excludes halogenated alkanes) is 2. The van der Waals surface area contributed by atoms with Crippen LogP contribution in [0.5, 0.6) is 0 Å². The van der Waals surface area contributed by atoms with Crippen LogP contribution in [-0.2, 0) is 14.4 Å². The van der Waals surface area contributed by atoms with Gasteiger partial charge in [-0.3, -0.25) is 14.4 Å². The van der Waals surface area contributed by atoms with E-state index in [0.29, 0.717) is 31.5 Å². The molecule has 0 aliphatic carbocycles. The van der Waals surface area contributed by atoms with Gasteiger partial charge < -0.3 is 20.6 Å². The number of alkyl halides is 1. The summed E-state index contributed by atoms with van der Waals surface area (Å²) in [5, 5.41) is 15.3. The van der Waals surface area contributed by atoms with Crippen molar-refractivity contribution in [3.63, 3.8) is 0 Å². The zero-order valence-electron chi connectivity index (χ0n) is 21.7. The van der Waals surface area contributed by atoms with E-state index in [9.17, 15) is 19.5 Å². The molecule has 7 nitrogen and oxygen atoms in total. The van der Waals surface area contributed by atoms with Crippen molar-refractivity contribution in [3.8, 4) is 0 Å². The fourth-order valence-electron chi connectivity index (χ4n) is 6.49. The monoisotopic (exact) mass is 599 g/mol. The highest BCUT2D eigenvalue weighted by Gasteiger charge is 2.75. The van der Waals surface area contributed by atoms with E-state index >= 15 is 0 Å². The summed E-state index contributed by atoms with van der Waals surface area (Å²) in [6, 6.07) is 14.5. The lowest BCUT2D eigenvalue weighted by molar-refractivity contribution is -0.138. The van der Waals surface area contributed by atoms with Crippen LogP contribution in [-0.4, -0.2) is 61.7 Å². The standard InChI is InChI=1S/C29H34BrN3O4S/c1-17-10-9-11-18(2)23(17)32-27(36)25-29-16-20(30)24(38-29)21(26(35)31-19-12-5-3-6-13-19)22(29)28(37)33(25)14-7-4-8-15-34/h3,5-6,9-13,20-22,24-25,34H,4,7-8,14-16H2,1-2H3,(H,31,35)(H,32,36)/t20?,21-,22+,24-,25?,29?/m1/s1. The summed E-state index contributed by atoms with van der Waals surface area (Å²) in [4.78, 5) is 43.6. The zero-order chi connectivity index (χ0) is 27.0. The number of aliphatic hydroxyl groups excluding tert-OH is 1. The molecular weight excluding hydrogens is 566 g/mol. The second kappa shape index (κ2) is 11.0. The average Bonchev–Trinajstić information content (AvgIpc) is 3.48. The Kier molecular flexibility index (Phi) is 7.89. The van der Waals surface area contributed by atoms with Crippen molar-refractivity contribution >= 4 is 56.8 Å². The Labute approximate surface area is 236 Å². The number of rotatable bonds is 9. The molecule has 2 aromatic rings. The van der Waals surface area contributed by atoms with Crippen molar-refractivity contribution in [1.29, 1.82) is 0 Å². The number of fused-ring (bicyclic) bond motifs is 1. The molecule has 0 radical (unpaired) electrons. The molecule has 38 heavy (non-hydrogen) atoms. The minimum Gasteiger partial charge on any atom is -0.396 e. The number of amides is 3. The maximum absolute atomic E-state index is 14.1. The van der Waals surface area contributed by atoms with Crippen LogP contribution in [0.4, 0.5) is 11.4 Å². The fraction of sp³-hybridized carbons (Fsp3) is 0.483. The molecule has 3 N–H and O–H groups in total. The number of nitrogens with one attached hydrogen (secondary N) is 2. The summed E-state index contributed by atoms with van der Waals surface area (Å²) >= 11 is 5.45. The van der Waals surface area contributed by atoms with Crippen LogP contribution in [0, 0.1) is 25.7 Å².